The summed E-state index contributed by atoms with van der Waals surface area (Å²) >= 11 is 0. The molecule has 15 heavy (non-hydrogen) atoms. The van der Waals surface area contributed by atoms with Crippen LogP contribution in [0.5, 0.6) is 5.75 Å². The van der Waals surface area contributed by atoms with Crippen LogP contribution in [0.2, 0.25) is 0 Å². The van der Waals surface area contributed by atoms with Gasteiger partial charge in [0.2, 0.25) is 0 Å². The summed E-state index contributed by atoms with van der Waals surface area (Å²) in [5.41, 5.74) is -1.14. The van der Waals surface area contributed by atoms with Gasteiger partial charge in [-0.1, -0.05) is 6.07 Å². The van der Waals surface area contributed by atoms with Crippen LogP contribution < -0.4 is 0 Å². The second-order valence-corrected chi connectivity index (χ2v) is 4.14. The highest BCUT2D eigenvalue weighted by Gasteiger charge is 2.23. The largest absolute Gasteiger partial charge is 0.507 e. The average Bonchev–Trinajstić information content (AvgIpc) is 1.99. The Morgan fingerprint density at radius 3 is 2.47 bits per heavy atom. The molecule has 4 heteroatoms. The molecule has 0 radical (unpaired) electrons. The van der Waals surface area contributed by atoms with Gasteiger partial charge in [0.25, 0.3) is 0 Å². The summed E-state index contributed by atoms with van der Waals surface area (Å²) in [4.78, 5) is 11.5. The highest BCUT2D eigenvalue weighted by molar-refractivity contribution is 5.92. The Morgan fingerprint density at radius 1 is 1.40 bits per heavy atom. The van der Waals surface area contributed by atoms with Crippen molar-refractivity contribution in [2.75, 3.05) is 0 Å². The molecule has 0 aliphatic rings. The number of phenols is 1. The summed E-state index contributed by atoms with van der Waals surface area (Å²) in [6.07, 6.45) is 0. The number of hydrogen-bond donors (Lipinski definition) is 1. The van der Waals surface area contributed by atoms with Crippen LogP contribution >= 0.6 is 0 Å². The lowest BCUT2D eigenvalue weighted by Crippen LogP contribution is -2.24. The lowest BCUT2D eigenvalue weighted by atomic mass is 10.1. The summed E-state index contributed by atoms with van der Waals surface area (Å²) in [6.45, 7) is 5.01. The molecule has 0 amide bonds. The molecule has 0 atom stereocenters. The van der Waals surface area contributed by atoms with E-state index in [0.717, 1.165) is 6.07 Å². The van der Waals surface area contributed by atoms with Crippen LogP contribution in [0, 0.1) is 5.82 Å². The first-order chi connectivity index (χ1) is 6.81. The van der Waals surface area contributed by atoms with E-state index in [0.29, 0.717) is 0 Å². The standard InChI is InChI=1S/C11H13FO3/c1-11(2,3)15-10(14)9-7(12)5-4-6-8(9)13/h4-6,13H,1-3H3. The Balaban J connectivity index is 3.02. The first kappa shape index (κ1) is 11.5. The topological polar surface area (TPSA) is 46.5 Å². The van der Waals surface area contributed by atoms with Crippen LogP contribution in [-0.4, -0.2) is 16.7 Å². The molecule has 0 saturated heterocycles. The first-order valence-electron chi connectivity index (χ1n) is 4.52. The van der Waals surface area contributed by atoms with Gasteiger partial charge in [-0.2, -0.15) is 0 Å². The van der Waals surface area contributed by atoms with Crippen molar-refractivity contribution < 1.29 is 19.0 Å². The molecular weight excluding hydrogens is 199 g/mol. The highest BCUT2D eigenvalue weighted by atomic mass is 19.1. The second-order valence-electron chi connectivity index (χ2n) is 4.14. The number of esters is 1. The van der Waals surface area contributed by atoms with E-state index in [9.17, 15) is 14.3 Å². The predicted molar refractivity (Wildman–Crippen MR) is 53.2 cm³/mol. The van der Waals surface area contributed by atoms with Crippen LogP contribution in [0.3, 0.4) is 0 Å². The van der Waals surface area contributed by atoms with Gasteiger partial charge in [0.1, 0.15) is 22.7 Å². The molecule has 0 bridgehead atoms. The SMILES string of the molecule is CC(C)(C)OC(=O)c1c(O)cccc1F. The fraction of sp³-hybridized carbons (Fsp3) is 0.364. The Kier molecular flexibility index (Phi) is 2.98. The number of benzene rings is 1. The van der Waals surface area contributed by atoms with Crippen molar-refractivity contribution in [3.8, 4) is 5.75 Å². The van der Waals surface area contributed by atoms with E-state index in [1.54, 1.807) is 20.8 Å². The summed E-state index contributed by atoms with van der Waals surface area (Å²) in [5, 5.41) is 9.32. The van der Waals surface area contributed by atoms with Gasteiger partial charge in [0, 0.05) is 0 Å². The number of ether oxygens (including phenoxy) is 1. The number of halogens is 1. The minimum absolute atomic E-state index is 0.413. The van der Waals surface area contributed by atoms with E-state index in [2.05, 4.69) is 0 Å². The van der Waals surface area contributed by atoms with E-state index in [1.807, 2.05) is 0 Å². The Morgan fingerprint density at radius 2 is 2.00 bits per heavy atom. The molecule has 1 aromatic carbocycles. The predicted octanol–water partition coefficient (Wildman–Crippen LogP) is 2.49. The summed E-state index contributed by atoms with van der Waals surface area (Å²) in [6, 6.07) is 3.65. The summed E-state index contributed by atoms with van der Waals surface area (Å²) in [7, 11) is 0. The quantitative estimate of drug-likeness (QED) is 0.727. The van der Waals surface area contributed by atoms with Crippen molar-refractivity contribution in [2.24, 2.45) is 0 Å². The second kappa shape index (κ2) is 3.88. The van der Waals surface area contributed by atoms with Crippen molar-refractivity contribution in [3.63, 3.8) is 0 Å². The van der Waals surface area contributed by atoms with Crippen LogP contribution in [0.1, 0.15) is 31.1 Å². The normalized spacial score (nSPS) is 11.2. The Labute approximate surface area is 87.5 Å². The van der Waals surface area contributed by atoms with Gasteiger partial charge in [-0.3, -0.25) is 0 Å². The minimum atomic E-state index is -0.863. The smallest absolute Gasteiger partial charge is 0.345 e. The zero-order valence-corrected chi connectivity index (χ0v) is 8.87. The molecule has 0 fully saturated rings. The van der Waals surface area contributed by atoms with E-state index >= 15 is 0 Å². The van der Waals surface area contributed by atoms with Crippen molar-refractivity contribution in [2.45, 2.75) is 26.4 Å². The molecule has 0 aliphatic carbocycles. The molecule has 0 saturated carbocycles. The molecular formula is C11H13FO3. The molecule has 3 nitrogen and oxygen atoms in total. The van der Waals surface area contributed by atoms with Gasteiger partial charge >= 0.3 is 5.97 Å². The monoisotopic (exact) mass is 212 g/mol. The van der Waals surface area contributed by atoms with Gasteiger partial charge in [-0.25, -0.2) is 9.18 Å². The van der Waals surface area contributed by atoms with Crippen LogP contribution in [0.25, 0.3) is 0 Å². The molecule has 0 unspecified atom stereocenters. The van der Waals surface area contributed by atoms with E-state index < -0.39 is 28.7 Å². The third-order valence-electron chi connectivity index (χ3n) is 1.59. The van der Waals surface area contributed by atoms with Gasteiger partial charge in [0.15, 0.2) is 0 Å². The molecule has 0 heterocycles. The fourth-order valence-electron chi connectivity index (χ4n) is 1.04. The average molecular weight is 212 g/mol. The molecule has 0 aliphatic heterocycles. The zero-order chi connectivity index (χ0) is 11.6. The van der Waals surface area contributed by atoms with E-state index in [4.69, 9.17) is 4.74 Å². The molecule has 1 rings (SSSR count). The Hall–Kier alpha value is -1.58. The van der Waals surface area contributed by atoms with E-state index in [1.165, 1.54) is 12.1 Å². The van der Waals surface area contributed by atoms with Crippen molar-refractivity contribution in [1.29, 1.82) is 0 Å². The maximum absolute atomic E-state index is 13.2. The lowest BCUT2D eigenvalue weighted by Gasteiger charge is -2.19. The maximum Gasteiger partial charge on any atom is 0.345 e. The third kappa shape index (κ3) is 2.94. The number of rotatable bonds is 1. The van der Waals surface area contributed by atoms with Gasteiger partial charge in [-0.05, 0) is 32.9 Å². The zero-order valence-electron chi connectivity index (χ0n) is 8.87. The number of aromatic hydroxyl groups is 1. The number of hydrogen-bond acceptors (Lipinski definition) is 3. The van der Waals surface area contributed by atoms with Crippen molar-refractivity contribution >= 4 is 5.97 Å². The molecule has 0 aromatic heterocycles. The summed E-state index contributed by atoms with van der Waals surface area (Å²) < 4.78 is 18.2. The van der Waals surface area contributed by atoms with Gasteiger partial charge in [-0.15, -0.1) is 0 Å². The number of carbonyl (C=O) groups excluding carboxylic acids is 1. The summed E-state index contributed by atoms with van der Waals surface area (Å²) in [5.74, 6) is -2.06. The van der Waals surface area contributed by atoms with Gasteiger partial charge < -0.3 is 9.84 Å². The minimum Gasteiger partial charge on any atom is -0.507 e. The number of carbonyl (C=O) groups is 1. The van der Waals surface area contributed by atoms with E-state index in [-0.39, 0.29) is 0 Å². The molecule has 0 spiro atoms. The van der Waals surface area contributed by atoms with Crippen LogP contribution in [0.4, 0.5) is 4.39 Å². The van der Waals surface area contributed by atoms with Crippen LogP contribution in [0.15, 0.2) is 18.2 Å². The third-order valence-corrected chi connectivity index (χ3v) is 1.59. The molecule has 82 valence electrons. The molecule has 1 N–H and O–H groups in total. The lowest BCUT2D eigenvalue weighted by molar-refractivity contribution is 0.00618. The molecule has 1 aromatic rings. The van der Waals surface area contributed by atoms with Gasteiger partial charge in [0.05, 0.1) is 0 Å². The van der Waals surface area contributed by atoms with Crippen molar-refractivity contribution in [3.05, 3.63) is 29.6 Å². The van der Waals surface area contributed by atoms with Crippen molar-refractivity contribution in [1.82, 2.24) is 0 Å². The highest BCUT2D eigenvalue weighted by Crippen LogP contribution is 2.22. The first-order valence-corrected chi connectivity index (χ1v) is 4.52. The maximum atomic E-state index is 13.2. The van der Waals surface area contributed by atoms with Crippen LogP contribution in [-0.2, 0) is 4.74 Å². The Bertz CT molecular complexity index is 360. The number of phenolic OH excluding ortho intramolecular Hbond substituents is 1. The fourth-order valence-corrected chi connectivity index (χ4v) is 1.04.